The lowest BCUT2D eigenvalue weighted by molar-refractivity contribution is 0.258. The van der Waals surface area contributed by atoms with E-state index in [0.29, 0.717) is 31.1 Å². The van der Waals surface area contributed by atoms with Crippen LogP contribution in [0.15, 0.2) is 70.3 Å². The number of sulfonamides is 1. The molecule has 2 aliphatic heterocycles. The van der Waals surface area contributed by atoms with Gasteiger partial charge in [-0.05, 0) is 58.2 Å². The maximum atomic E-state index is 13.0. The maximum absolute atomic E-state index is 13.0. The summed E-state index contributed by atoms with van der Waals surface area (Å²) in [5, 5.41) is 10.1. The highest BCUT2D eigenvalue weighted by Crippen LogP contribution is 2.21. The minimum Gasteiger partial charge on any atom is -0.342 e. The van der Waals surface area contributed by atoms with Crippen molar-refractivity contribution in [2.75, 3.05) is 38.5 Å². The lowest BCUT2D eigenvalue weighted by Crippen LogP contribution is -2.56. The van der Waals surface area contributed by atoms with Crippen LogP contribution in [0.25, 0.3) is 0 Å². The van der Waals surface area contributed by atoms with Gasteiger partial charge < -0.3 is 15.5 Å². The van der Waals surface area contributed by atoms with E-state index in [0.717, 1.165) is 23.0 Å². The number of hydrogen-bond acceptors (Lipinski definition) is 7. The number of nitrogens with one attached hydrogen (secondary N) is 3. The molecule has 4 rings (SSSR count). The molecule has 2 aromatic carbocycles. The third-order valence-electron chi connectivity index (χ3n) is 6.04. The first-order valence-corrected chi connectivity index (χ1v) is 12.6. The number of likely N-dealkylation sites (N-methyl/N-ethyl adjacent to an activating group) is 1. The van der Waals surface area contributed by atoms with E-state index in [-0.39, 0.29) is 0 Å². The molecular weight excluding hydrogens is 436 g/mol. The summed E-state index contributed by atoms with van der Waals surface area (Å²) in [7, 11) is -1.63. The Balaban J connectivity index is 1.45. The van der Waals surface area contributed by atoms with Crippen molar-refractivity contribution in [1.82, 2.24) is 19.8 Å². The van der Waals surface area contributed by atoms with Crippen molar-refractivity contribution in [3.8, 4) is 0 Å². The zero-order valence-electron chi connectivity index (χ0n) is 19.6. The first kappa shape index (κ1) is 23.3. The minimum atomic E-state index is -3.51. The predicted molar refractivity (Wildman–Crippen MR) is 132 cm³/mol. The van der Waals surface area contributed by atoms with Crippen LogP contribution in [0.4, 0.5) is 5.69 Å². The number of hydrogen-bond donors (Lipinski definition) is 3. The van der Waals surface area contributed by atoms with Crippen LogP contribution in [-0.2, 0) is 10.0 Å². The monoisotopic (exact) mass is 468 g/mol. The second kappa shape index (κ2) is 9.17. The van der Waals surface area contributed by atoms with Crippen LogP contribution in [0, 0.1) is 13.8 Å². The molecule has 9 heteroatoms. The number of anilines is 1. The fourth-order valence-corrected chi connectivity index (χ4v) is 5.28. The van der Waals surface area contributed by atoms with E-state index >= 15 is 0 Å². The van der Waals surface area contributed by atoms with Gasteiger partial charge >= 0.3 is 0 Å². The summed E-state index contributed by atoms with van der Waals surface area (Å²) < 4.78 is 27.6. The van der Waals surface area contributed by atoms with Gasteiger partial charge in [0.2, 0.25) is 16.0 Å². The summed E-state index contributed by atoms with van der Waals surface area (Å²) in [4.78, 5) is 7.29. The van der Waals surface area contributed by atoms with Gasteiger partial charge in [-0.15, -0.1) is 0 Å². The van der Waals surface area contributed by atoms with Gasteiger partial charge in [0.1, 0.15) is 11.5 Å². The number of nitrogens with zero attached hydrogens (tertiary/aromatic N) is 3. The number of aryl methyl sites for hydroxylation is 2. The molecule has 0 saturated carbocycles. The molecule has 0 amide bonds. The van der Waals surface area contributed by atoms with E-state index in [1.807, 2.05) is 51.2 Å². The standard InChI is InChI=1S/C24H32N6O2S/c1-18-5-9-20(10-6-18)26-22-17-24(3,25-4)28-23(27-22)29-13-15-30(16-14-29)33(31,32)21-11-7-19(2)8-12-21/h5-12,17,25-26H,13-16H2,1-4H3,(H,27,28). The Kier molecular flexibility index (Phi) is 6.47. The summed E-state index contributed by atoms with van der Waals surface area (Å²) in [5.41, 5.74) is 2.63. The molecule has 176 valence electrons. The zero-order chi connectivity index (χ0) is 23.6. The molecule has 33 heavy (non-hydrogen) atoms. The number of benzene rings is 2. The first-order valence-electron chi connectivity index (χ1n) is 11.1. The van der Waals surface area contributed by atoms with E-state index < -0.39 is 15.7 Å². The van der Waals surface area contributed by atoms with Crippen molar-refractivity contribution < 1.29 is 8.42 Å². The van der Waals surface area contributed by atoms with Crippen LogP contribution < -0.4 is 16.0 Å². The fraction of sp³-hybridized carbons (Fsp3) is 0.375. The van der Waals surface area contributed by atoms with Gasteiger partial charge in [-0.2, -0.15) is 4.31 Å². The molecule has 8 nitrogen and oxygen atoms in total. The quantitative estimate of drug-likeness (QED) is 0.625. The van der Waals surface area contributed by atoms with Gasteiger partial charge in [0.15, 0.2) is 0 Å². The molecule has 1 unspecified atom stereocenters. The molecule has 0 aromatic heterocycles. The molecule has 2 aromatic rings. The SMILES string of the molecule is CNC1(C)C=C(Nc2ccc(C)cc2)NC(N2CCN(S(=O)(=O)c3ccc(C)cc3)CC2)=N1. The van der Waals surface area contributed by atoms with Crippen molar-refractivity contribution in [2.24, 2.45) is 4.99 Å². The molecule has 1 atom stereocenters. The second-order valence-electron chi connectivity index (χ2n) is 8.71. The smallest absolute Gasteiger partial charge is 0.243 e. The third kappa shape index (κ3) is 5.21. The Morgan fingerprint density at radius 2 is 1.52 bits per heavy atom. The maximum Gasteiger partial charge on any atom is 0.243 e. The Hall–Kier alpha value is -2.88. The first-order chi connectivity index (χ1) is 15.7. The normalized spacial score (nSPS) is 21.8. The van der Waals surface area contributed by atoms with Crippen LogP contribution in [-0.4, -0.2) is 62.5 Å². The Labute approximate surface area is 196 Å². The Morgan fingerprint density at radius 1 is 0.939 bits per heavy atom. The molecule has 0 radical (unpaired) electrons. The van der Waals surface area contributed by atoms with Crippen LogP contribution in [0.2, 0.25) is 0 Å². The predicted octanol–water partition coefficient (Wildman–Crippen LogP) is 2.46. The van der Waals surface area contributed by atoms with Crippen LogP contribution in [0.1, 0.15) is 18.1 Å². The molecule has 3 N–H and O–H groups in total. The highest BCUT2D eigenvalue weighted by Gasteiger charge is 2.32. The topological polar surface area (TPSA) is 89.1 Å². The lowest BCUT2D eigenvalue weighted by Gasteiger charge is -2.39. The highest BCUT2D eigenvalue weighted by atomic mass is 32.2. The molecule has 1 saturated heterocycles. The second-order valence-corrected chi connectivity index (χ2v) is 10.6. The fourth-order valence-electron chi connectivity index (χ4n) is 3.85. The average Bonchev–Trinajstić information content (AvgIpc) is 2.81. The van der Waals surface area contributed by atoms with Gasteiger partial charge in [-0.25, -0.2) is 13.4 Å². The molecule has 0 aliphatic carbocycles. The summed E-state index contributed by atoms with van der Waals surface area (Å²) in [6.45, 7) is 7.91. The van der Waals surface area contributed by atoms with Gasteiger partial charge in [0.05, 0.1) is 4.90 Å². The van der Waals surface area contributed by atoms with Crippen LogP contribution >= 0.6 is 0 Å². The highest BCUT2D eigenvalue weighted by molar-refractivity contribution is 7.89. The minimum absolute atomic E-state index is 0.338. The summed E-state index contributed by atoms with van der Waals surface area (Å²) in [6, 6.07) is 15.2. The van der Waals surface area contributed by atoms with Crippen molar-refractivity contribution in [3.05, 3.63) is 71.6 Å². The van der Waals surface area contributed by atoms with Crippen molar-refractivity contribution >= 4 is 21.7 Å². The Bertz CT molecular complexity index is 1150. The van der Waals surface area contributed by atoms with Crippen molar-refractivity contribution in [1.29, 1.82) is 0 Å². The Morgan fingerprint density at radius 3 is 2.09 bits per heavy atom. The number of guanidine groups is 1. The third-order valence-corrected chi connectivity index (χ3v) is 7.96. The van der Waals surface area contributed by atoms with E-state index in [4.69, 9.17) is 4.99 Å². The molecule has 0 spiro atoms. The van der Waals surface area contributed by atoms with Crippen molar-refractivity contribution in [3.63, 3.8) is 0 Å². The lowest BCUT2D eigenvalue weighted by atomic mass is 10.1. The van der Waals surface area contributed by atoms with E-state index in [1.165, 1.54) is 5.56 Å². The molecule has 0 bridgehead atoms. The molecule has 1 fully saturated rings. The van der Waals surface area contributed by atoms with Crippen LogP contribution in [0.3, 0.4) is 0 Å². The summed E-state index contributed by atoms with van der Waals surface area (Å²) in [5.74, 6) is 1.55. The average molecular weight is 469 g/mol. The zero-order valence-corrected chi connectivity index (χ0v) is 20.4. The molecule has 2 aliphatic rings. The van der Waals surface area contributed by atoms with E-state index in [9.17, 15) is 8.42 Å². The number of piperazine rings is 1. The van der Waals surface area contributed by atoms with Gasteiger partial charge in [0.25, 0.3) is 0 Å². The molecular formula is C24H32N6O2S. The van der Waals surface area contributed by atoms with E-state index in [2.05, 4.69) is 39.9 Å². The summed E-state index contributed by atoms with van der Waals surface area (Å²) in [6.07, 6.45) is 2.01. The van der Waals surface area contributed by atoms with Gasteiger partial charge in [-0.1, -0.05) is 35.4 Å². The van der Waals surface area contributed by atoms with Crippen LogP contribution in [0.5, 0.6) is 0 Å². The van der Waals surface area contributed by atoms with Gasteiger partial charge in [-0.3, -0.25) is 5.32 Å². The van der Waals surface area contributed by atoms with Crippen molar-refractivity contribution in [2.45, 2.75) is 31.3 Å². The number of rotatable bonds is 5. The van der Waals surface area contributed by atoms with Gasteiger partial charge in [0, 0.05) is 31.9 Å². The summed E-state index contributed by atoms with van der Waals surface area (Å²) >= 11 is 0. The molecule has 2 heterocycles. The number of aliphatic imine (C=N–C) groups is 1. The largest absolute Gasteiger partial charge is 0.342 e. The van der Waals surface area contributed by atoms with E-state index in [1.54, 1.807) is 16.4 Å².